The number of piperidine rings is 3. The van der Waals surface area contributed by atoms with E-state index in [-0.39, 0.29) is 12.1 Å². The van der Waals surface area contributed by atoms with Crippen LogP contribution >= 0.6 is 0 Å². The molecule has 4 heterocycles. The maximum absolute atomic E-state index is 12.9. The second kappa shape index (κ2) is 7.15. The minimum atomic E-state index is -0.282. The summed E-state index contributed by atoms with van der Waals surface area (Å²) in [7, 11) is 0. The van der Waals surface area contributed by atoms with E-state index < -0.39 is 0 Å². The van der Waals surface area contributed by atoms with Gasteiger partial charge in [-0.3, -0.25) is 14.9 Å². The fourth-order valence-electron chi connectivity index (χ4n) is 3.66. The molecule has 5 rings (SSSR count). The molecule has 0 amide bonds. The molecule has 3 fully saturated rings. The molecule has 2 aromatic rings. The summed E-state index contributed by atoms with van der Waals surface area (Å²) in [6.45, 7) is 3.10. The average Bonchev–Trinajstić information content (AvgIpc) is 2.68. The largest absolute Gasteiger partial charge is 0.457 e. The number of esters is 1. The summed E-state index contributed by atoms with van der Waals surface area (Å²) >= 11 is 0. The summed E-state index contributed by atoms with van der Waals surface area (Å²) in [4.78, 5) is 23.6. The van der Waals surface area contributed by atoms with Crippen LogP contribution in [0, 0.1) is 5.92 Å². The van der Waals surface area contributed by atoms with E-state index in [1.54, 1.807) is 24.7 Å². The first-order valence-corrected chi connectivity index (χ1v) is 8.76. The highest BCUT2D eigenvalue weighted by molar-refractivity contribution is 6.21. The number of hydrogen-bond acceptors (Lipinski definition) is 5. The molecule has 3 aliphatic heterocycles. The van der Waals surface area contributed by atoms with E-state index >= 15 is 0 Å². The summed E-state index contributed by atoms with van der Waals surface area (Å²) in [5.74, 6) is 0.207. The van der Waals surface area contributed by atoms with Crippen LogP contribution in [0.15, 0.2) is 48.9 Å². The summed E-state index contributed by atoms with van der Waals surface area (Å²) < 4.78 is 5.92. The Morgan fingerprint density at radius 1 is 1.16 bits per heavy atom. The predicted molar refractivity (Wildman–Crippen MR) is 95.4 cm³/mol. The van der Waals surface area contributed by atoms with E-state index in [4.69, 9.17) is 4.74 Å². The molecule has 0 radical (unpaired) electrons. The fraction of sp³-hybridized carbons (Fsp3) is 0.350. The van der Waals surface area contributed by atoms with Crippen LogP contribution in [-0.2, 0) is 9.53 Å². The van der Waals surface area contributed by atoms with Gasteiger partial charge in [-0.2, -0.15) is 0 Å². The number of fused-ring (bicyclic) bond motifs is 3. The van der Waals surface area contributed by atoms with E-state index in [0.717, 1.165) is 38.0 Å². The lowest BCUT2D eigenvalue weighted by Crippen LogP contribution is -2.52. The zero-order chi connectivity index (χ0) is 17.1. The Bertz CT molecular complexity index is 753. The van der Waals surface area contributed by atoms with Gasteiger partial charge in [0.05, 0.1) is 17.5 Å². The molecule has 1 atom stereocenters. The van der Waals surface area contributed by atoms with Crippen LogP contribution in [0.4, 0.5) is 0 Å². The topological polar surface area (TPSA) is 55.3 Å². The number of aromatic nitrogens is 2. The van der Waals surface area contributed by atoms with Gasteiger partial charge in [-0.15, -0.1) is 0 Å². The lowest BCUT2D eigenvalue weighted by Gasteiger charge is -2.44. The van der Waals surface area contributed by atoms with Crippen molar-refractivity contribution in [1.29, 1.82) is 0 Å². The van der Waals surface area contributed by atoms with Crippen LogP contribution in [0.5, 0.6) is 0 Å². The first-order chi connectivity index (χ1) is 12.3. The van der Waals surface area contributed by atoms with Crippen molar-refractivity contribution >= 4 is 17.6 Å². The quantitative estimate of drug-likeness (QED) is 0.635. The number of rotatable bonds is 4. The molecule has 3 aliphatic rings. The summed E-state index contributed by atoms with van der Waals surface area (Å²) in [5, 5.41) is 0. The molecule has 0 N–H and O–H groups in total. The molecule has 1 aromatic heterocycles. The molecule has 128 valence electrons. The second-order valence-corrected chi connectivity index (χ2v) is 6.64. The monoisotopic (exact) mass is 335 g/mol. The van der Waals surface area contributed by atoms with Gasteiger partial charge in [0.25, 0.3) is 0 Å². The van der Waals surface area contributed by atoms with Crippen molar-refractivity contribution in [3.05, 3.63) is 60.2 Å². The maximum Gasteiger partial charge on any atom is 0.339 e. The van der Waals surface area contributed by atoms with Gasteiger partial charge in [-0.25, -0.2) is 4.79 Å². The molecule has 0 aliphatic carbocycles. The molecule has 0 spiro atoms. The van der Waals surface area contributed by atoms with Gasteiger partial charge in [0.2, 0.25) is 0 Å². The van der Waals surface area contributed by atoms with Crippen molar-refractivity contribution in [3.8, 4) is 0 Å². The number of carbonyl (C=O) groups excluding carboxylic acids is 1. The first kappa shape index (κ1) is 16.0. The smallest absolute Gasteiger partial charge is 0.339 e. The standard InChI is InChI=1S/C20H21N3O2/c24-20(25-19-14-23-10-6-16(19)7-11-23)18(15-4-2-1-3-5-15)12-17-13-21-8-9-22-17/h1-5,8-9,12-13,16,19H,6-7,10-11,14H2. The van der Waals surface area contributed by atoms with Crippen LogP contribution < -0.4 is 0 Å². The van der Waals surface area contributed by atoms with Gasteiger partial charge >= 0.3 is 5.97 Å². The zero-order valence-electron chi connectivity index (χ0n) is 14.0. The van der Waals surface area contributed by atoms with E-state index in [2.05, 4.69) is 14.9 Å². The van der Waals surface area contributed by atoms with Gasteiger partial charge in [-0.1, -0.05) is 30.3 Å². The molecule has 2 bridgehead atoms. The van der Waals surface area contributed by atoms with Gasteiger partial charge in [0, 0.05) is 18.9 Å². The number of nitrogens with zero attached hydrogens (tertiary/aromatic N) is 3. The highest BCUT2D eigenvalue weighted by atomic mass is 16.5. The first-order valence-electron chi connectivity index (χ1n) is 8.76. The average molecular weight is 335 g/mol. The second-order valence-electron chi connectivity index (χ2n) is 6.64. The molecule has 1 unspecified atom stereocenters. The highest BCUT2D eigenvalue weighted by Gasteiger charge is 2.37. The van der Waals surface area contributed by atoms with Crippen molar-refractivity contribution in [2.24, 2.45) is 5.92 Å². The minimum absolute atomic E-state index is 0.0102. The lowest BCUT2D eigenvalue weighted by atomic mass is 9.86. The molecule has 0 saturated carbocycles. The van der Waals surface area contributed by atoms with Crippen molar-refractivity contribution in [2.75, 3.05) is 19.6 Å². The molecule has 3 saturated heterocycles. The van der Waals surface area contributed by atoms with Crippen LogP contribution in [0.1, 0.15) is 24.1 Å². The van der Waals surface area contributed by atoms with Gasteiger partial charge < -0.3 is 4.74 Å². The number of benzene rings is 1. The van der Waals surface area contributed by atoms with Crippen LogP contribution in [0.3, 0.4) is 0 Å². The molecule has 5 heteroatoms. The zero-order valence-corrected chi connectivity index (χ0v) is 14.0. The third kappa shape index (κ3) is 3.61. The maximum atomic E-state index is 12.9. The summed E-state index contributed by atoms with van der Waals surface area (Å²) in [6.07, 6.45) is 8.86. The summed E-state index contributed by atoms with van der Waals surface area (Å²) in [5.41, 5.74) is 2.00. The molecular formula is C20H21N3O2. The van der Waals surface area contributed by atoms with Gasteiger partial charge in [-0.05, 0) is 43.5 Å². The van der Waals surface area contributed by atoms with Crippen molar-refractivity contribution in [1.82, 2.24) is 14.9 Å². The number of hydrogen-bond donors (Lipinski definition) is 0. The lowest BCUT2D eigenvalue weighted by molar-refractivity contribution is -0.151. The Morgan fingerprint density at radius 2 is 1.96 bits per heavy atom. The molecular weight excluding hydrogens is 314 g/mol. The van der Waals surface area contributed by atoms with Crippen LogP contribution in [0.2, 0.25) is 0 Å². The Balaban J connectivity index is 1.59. The number of carbonyl (C=O) groups is 1. The normalized spacial score (nSPS) is 25.6. The third-order valence-corrected chi connectivity index (χ3v) is 5.03. The van der Waals surface area contributed by atoms with Crippen molar-refractivity contribution in [2.45, 2.75) is 18.9 Å². The van der Waals surface area contributed by atoms with Crippen molar-refractivity contribution in [3.63, 3.8) is 0 Å². The van der Waals surface area contributed by atoms with Gasteiger partial charge in [0.15, 0.2) is 0 Å². The van der Waals surface area contributed by atoms with Crippen LogP contribution in [0.25, 0.3) is 11.6 Å². The Hall–Kier alpha value is -2.53. The van der Waals surface area contributed by atoms with E-state index in [0.29, 0.717) is 17.2 Å². The summed E-state index contributed by atoms with van der Waals surface area (Å²) in [6, 6.07) is 9.60. The molecule has 1 aromatic carbocycles. The highest BCUT2D eigenvalue weighted by Crippen LogP contribution is 2.31. The fourth-order valence-corrected chi connectivity index (χ4v) is 3.66. The van der Waals surface area contributed by atoms with E-state index in [9.17, 15) is 4.79 Å². The van der Waals surface area contributed by atoms with E-state index in [1.165, 1.54) is 0 Å². The Labute approximate surface area is 147 Å². The van der Waals surface area contributed by atoms with E-state index in [1.807, 2.05) is 30.3 Å². The number of ether oxygens (including phenoxy) is 1. The minimum Gasteiger partial charge on any atom is -0.457 e. The Morgan fingerprint density at radius 3 is 2.60 bits per heavy atom. The SMILES string of the molecule is O=C(OC1CN2CCC1CC2)C(=Cc1cnccn1)c1ccccc1. The molecule has 5 nitrogen and oxygen atoms in total. The molecule has 25 heavy (non-hydrogen) atoms. The van der Waals surface area contributed by atoms with Crippen molar-refractivity contribution < 1.29 is 9.53 Å². The Kier molecular flexibility index (Phi) is 4.57. The third-order valence-electron chi connectivity index (χ3n) is 5.03. The van der Waals surface area contributed by atoms with Gasteiger partial charge in [0.1, 0.15) is 6.10 Å². The predicted octanol–water partition coefficient (Wildman–Crippen LogP) is 2.65. The van der Waals surface area contributed by atoms with Crippen LogP contribution in [-0.4, -0.2) is 46.6 Å².